The Morgan fingerprint density at radius 3 is 2.85 bits per heavy atom. The van der Waals surface area contributed by atoms with E-state index in [-0.39, 0.29) is 11.9 Å². The monoisotopic (exact) mass is 288 g/mol. The number of hydrogen-bond donors (Lipinski definition) is 1. The van der Waals surface area contributed by atoms with Crippen LogP contribution in [-0.4, -0.2) is 30.4 Å². The van der Waals surface area contributed by atoms with E-state index >= 15 is 0 Å². The van der Waals surface area contributed by atoms with Crippen LogP contribution in [0, 0.1) is 0 Å². The van der Waals surface area contributed by atoms with Crippen LogP contribution in [0.1, 0.15) is 30.7 Å². The van der Waals surface area contributed by atoms with Gasteiger partial charge in [-0.05, 0) is 37.3 Å². The molecule has 0 saturated carbocycles. The van der Waals surface area contributed by atoms with Gasteiger partial charge in [0.15, 0.2) is 0 Å². The number of carbonyl (C=O) groups is 1. The van der Waals surface area contributed by atoms with Crippen LogP contribution in [0.3, 0.4) is 0 Å². The van der Waals surface area contributed by atoms with E-state index in [1.165, 1.54) is 15.0 Å². The molecule has 0 radical (unpaired) electrons. The third-order valence-corrected chi connectivity index (χ3v) is 5.19. The van der Waals surface area contributed by atoms with Gasteiger partial charge in [-0.3, -0.25) is 4.79 Å². The van der Waals surface area contributed by atoms with Gasteiger partial charge in [0, 0.05) is 28.7 Å². The molecule has 1 atom stereocenters. The Labute approximate surface area is 123 Å². The summed E-state index contributed by atoms with van der Waals surface area (Å²) in [6, 6.07) is 10.9. The van der Waals surface area contributed by atoms with Crippen LogP contribution >= 0.6 is 11.3 Å². The molecule has 1 aromatic carbocycles. The minimum atomic E-state index is 0.221. The largest absolute Gasteiger partial charge is 0.342 e. The first-order valence-corrected chi connectivity index (χ1v) is 8.05. The lowest BCUT2D eigenvalue weighted by Crippen LogP contribution is -2.36. The number of nitrogens with one attached hydrogen (secondary N) is 1. The summed E-state index contributed by atoms with van der Waals surface area (Å²) in [5.41, 5.74) is 0. The van der Waals surface area contributed by atoms with Gasteiger partial charge in [-0.25, -0.2) is 0 Å². The van der Waals surface area contributed by atoms with Crippen LogP contribution in [0.15, 0.2) is 30.3 Å². The zero-order chi connectivity index (χ0) is 13.9. The van der Waals surface area contributed by atoms with Crippen molar-refractivity contribution in [3.05, 3.63) is 35.2 Å². The van der Waals surface area contributed by atoms with E-state index in [0.29, 0.717) is 6.54 Å². The number of likely N-dealkylation sites (tertiary alicyclic amines) is 1. The van der Waals surface area contributed by atoms with Crippen molar-refractivity contribution in [2.75, 3.05) is 19.6 Å². The Morgan fingerprint density at radius 2 is 2.10 bits per heavy atom. The first-order chi connectivity index (χ1) is 9.74. The fourth-order valence-corrected chi connectivity index (χ4v) is 3.73. The molecule has 1 aliphatic heterocycles. The van der Waals surface area contributed by atoms with Crippen LogP contribution in [0.25, 0.3) is 10.1 Å². The van der Waals surface area contributed by atoms with E-state index in [9.17, 15) is 4.79 Å². The van der Waals surface area contributed by atoms with Gasteiger partial charge >= 0.3 is 0 Å². The second kappa shape index (κ2) is 5.94. The molecule has 20 heavy (non-hydrogen) atoms. The molecule has 1 fully saturated rings. The van der Waals surface area contributed by atoms with Gasteiger partial charge in [0.25, 0.3) is 0 Å². The van der Waals surface area contributed by atoms with Crippen LogP contribution in [-0.2, 0) is 4.79 Å². The molecule has 3 rings (SSSR count). The Kier molecular flexibility index (Phi) is 4.03. The molecule has 0 spiro atoms. The molecule has 1 aliphatic rings. The van der Waals surface area contributed by atoms with E-state index < -0.39 is 0 Å². The molecule has 1 aromatic heterocycles. The minimum Gasteiger partial charge on any atom is -0.342 e. The van der Waals surface area contributed by atoms with Gasteiger partial charge in [0.2, 0.25) is 5.91 Å². The molecule has 2 aromatic rings. The van der Waals surface area contributed by atoms with Gasteiger partial charge in [0.05, 0.1) is 6.54 Å². The second-order valence-electron chi connectivity index (χ2n) is 5.38. The fraction of sp³-hybridized carbons (Fsp3) is 0.438. The van der Waals surface area contributed by atoms with E-state index in [1.54, 1.807) is 11.3 Å². The minimum absolute atomic E-state index is 0.221. The maximum absolute atomic E-state index is 12.0. The number of hydrogen-bond acceptors (Lipinski definition) is 3. The predicted octanol–water partition coefficient (Wildman–Crippen LogP) is 3.17. The fourth-order valence-electron chi connectivity index (χ4n) is 2.64. The Hall–Kier alpha value is -1.39. The molecular formula is C16H20N2OS. The average molecular weight is 288 g/mol. The summed E-state index contributed by atoms with van der Waals surface area (Å²) in [7, 11) is 0. The molecule has 1 saturated heterocycles. The van der Waals surface area contributed by atoms with Crippen molar-refractivity contribution in [2.45, 2.75) is 25.8 Å². The third-order valence-electron chi connectivity index (χ3n) is 3.89. The molecule has 3 nitrogen and oxygen atoms in total. The number of nitrogens with zero attached hydrogens (tertiary/aromatic N) is 1. The maximum Gasteiger partial charge on any atom is 0.236 e. The molecule has 1 unspecified atom stereocenters. The van der Waals surface area contributed by atoms with E-state index in [1.807, 2.05) is 4.90 Å². The third kappa shape index (κ3) is 2.86. The molecule has 1 amide bonds. The lowest BCUT2D eigenvalue weighted by atomic mass is 10.2. The van der Waals surface area contributed by atoms with Crippen LogP contribution in [0.2, 0.25) is 0 Å². The second-order valence-corrected chi connectivity index (χ2v) is 6.49. The molecular weight excluding hydrogens is 268 g/mol. The molecule has 1 N–H and O–H groups in total. The zero-order valence-corrected chi connectivity index (χ0v) is 12.6. The van der Waals surface area contributed by atoms with Crippen LogP contribution < -0.4 is 5.32 Å². The van der Waals surface area contributed by atoms with Crippen molar-refractivity contribution in [3.8, 4) is 0 Å². The first-order valence-electron chi connectivity index (χ1n) is 7.23. The van der Waals surface area contributed by atoms with E-state index in [2.05, 4.69) is 42.6 Å². The number of carbonyl (C=O) groups excluding carboxylic acids is 1. The number of thiophene rings is 1. The van der Waals surface area contributed by atoms with Crippen molar-refractivity contribution in [1.82, 2.24) is 10.2 Å². The Bertz CT molecular complexity index is 568. The summed E-state index contributed by atoms with van der Waals surface area (Å²) in [6.07, 6.45) is 2.30. The number of rotatable bonds is 4. The lowest BCUT2D eigenvalue weighted by molar-refractivity contribution is -0.129. The highest BCUT2D eigenvalue weighted by Crippen LogP contribution is 2.29. The standard InChI is InChI=1S/C16H20N2OS/c1-12(17-11-16(19)18-8-4-5-9-18)15-10-13-6-2-3-7-14(13)20-15/h2-3,6-7,10,12,17H,4-5,8-9,11H2,1H3. The molecule has 2 heterocycles. The van der Waals surface area contributed by atoms with Crippen LogP contribution in [0.5, 0.6) is 0 Å². The van der Waals surface area contributed by atoms with Crippen LogP contribution in [0.4, 0.5) is 0 Å². The summed E-state index contributed by atoms with van der Waals surface area (Å²) in [4.78, 5) is 15.3. The van der Waals surface area contributed by atoms with Crippen molar-refractivity contribution in [1.29, 1.82) is 0 Å². The smallest absolute Gasteiger partial charge is 0.236 e. The first kappa shape index (κ1) is 13.6. The Balaban J connectivity index is 1.60. The van der Waals surface area contributed by atoms with Gasteiger partial charge in [-0.2, -0.15) is 0 Å². The predicted molar refractivity (Wildman–Crippen MR) is 84.1 cm³/mol. The van der Waals surface area contributed by atoms with Crippen molar-refractivity contribution < 1.29 is 4.79 Å². The van der Waals surface area contributed by atoms with Gasteiger partial charge in [0.1, 0.15) is 0 Å². The van der Waals surface area contributed by atoms with Crippen molar-refractivity contribution >= 4 is 27.3 Å². The molecule has 0 bridgehead atoms. The quantitative estimate of drug-likeness (QED) is 0.937. The number of amides is 1. The number of benzene rings is 1. The zero-order valence-electron chi connectivity index (χ0n) is 11.8. The highest BCUT2D eigenvalue weighted by Gasteiger charge is 2.18. The summed E-state index contributed by atoms with van der Waals surface area (Å²) in [5.74, 6) is 0.232. The number of fused-ring (bicyclic) bond motifs is 1. The highest BCUT2D eigenvalue weighted by molar-refractivity contribution is 7.19. The van der Waals surface area contributed by atoms with E-state index in [4.69, 9.17) is 0 Å². The normalized spacial score (nSPS) is 16.8. The van der Waals surface area contributed by atoms with Crippen molar-refractivity contribution in [2.24, 2.45) is 0 Å². The van der Waals surface area contributed by atoms with Gasteiger partial charge in [-0.15, -0.1) is 11.3 Å². The van der Waals surface area contributed by atoms with Gasteiger partial charge in [-0.1, -0.05) is 18.2 Å². The summed E-state index contributed by atoms with van der Waals surface area (Å²) in [5, 5.41) is 4.64. The summed E-state index contributed by atoms with van der Waals surface area (Å²) < 4.78 is 1.31. The summed E-state index contributed by atoms with van der Waals surface area (Å²) >= 11 is 1.80. The molecule has 0 aliphatic carbocycles. The maximum atomic E-state index is 12.0. The SMILES string of the molecule is CC(NCC(=O)N1CCCC1)c1cc2ccccc2s1. The molecule has 106 valence electrons. The highest BCUT2D eigenvalue weighted by atomic mass is 32.1. The lowest BCUT2D eigenvalue weighted by Gasteiger charge is -2.17. The van der Waals surface area contributed by atoms with E-state index in [0.717, 1.165) is 25.9 Å². The molecule has 4 heteroatoms. The summed E-state index contributed by atoms with van der Waals surface area (Å²) in [6.45, 7) is 4.42. The van der Waals surface area contributed by atoms with Crippen molar-refractivity contribution in [3.63, 3.8) is 0 Å². The topological polar surface area (TPSA) is 32.3 Å². The van der Waals surface area contributed by atoms with Gasteiger partial charge < -0.3 is 10.2 Å². The average Bonchev–Trinajstić information content (AvgIpc) is 3.12. The Morgan fingerprint density at radius 1 is 1.35 bits per heavy atom.